The van der Waals surface area contributed by atoms with Crippen molar-refractivity contribution in [1.82, 2.24) is 9.97 Å². The van der Waals surface area contributed by atoms with Crippen LogP contribution in [0.25, 0.3) is 10.9 Å². The van der Waals surface area contributed by atoms with Gasteiger partial charge in [-0.3, -0.25) is 0 Å². The van der Waals surface area contributed by atoms with Crippen LogP contribution >= 0.6 is 0 Å². The van der Waals surface area contributed by atoms with Gasteiger partial charge in [-0.05, 0) is 12.5 Å². The average Bonchev–Trinajstić information content (AvgIpc) is 2.18. The van der Waals surface area contributed by atoms with Crippen molar-refractivity contribution in [2.75, 3.05) is 5.73 Å². The monoisotopic (exact) mass is 187 g/mol. The van der Waals surface area contributed by atoms with E-state index in [1.165, 1.54) is 0 Å². The third-order valence-corrected chi connectivity index (χ3v) is 2.19. The van der Waals surface area contributed by atoms with E-state index in [-0.39, 0.29) is 0 Å². The molecule has 2 N–H and O–H groups in total. The fraction of sp³-hybridized carbons (Fsp3) is 0.273. The fourth-order valence-electron chi connectivity index (χ4n) is 1.59. The maximum Gasteiger partial charge on any atom is 0.220 e. The van der Waals surface area contributed by atoms with Gasteiger partial charge in [0.1, 0.15) is 0 Å². The molecule has 3 heteroatoms. The molecule has 2 rings (SSSR count). The molecule has 2 aromatic rings. The van der Waals surface area contributed by atoms with Crippen LogP contribution in [0.15, 0.2) is 24.3 Å². The molecular weight excluding hydrogens is 174 g/mol. The van der Waals surface area contributed by atoms with Crippen LogP contribution in [0.1, 0.15) is 19.0 Å². The van der Waals surface area contributed by atoms with E-state index in [0.29, 0.717) is 5.95 Å². The Morgan fingerprint density at radius 2 is 2.00 bits per heavy atom. The predicted octanol–water partition coefficient (Wildman–Crippen LogP) is 2.16. The highest BCUT2D eigenvalue weighted by Crippen LogP contribution is 2.17. The van der Waals surface area contributed by atoms with Gasteiger partial charge in [-0.2, -0.15) is 0 Å². The number of nitrogens with zero attached hydrogens (tertiary/aromatic N) is 2. The first-order valence-corrected chi connectivity index (χ1v) is 4.82. The fourth-order valence-corrected chi connectivity index (χ4v) is 1.59. The molecule has 0 fully saturated rings. The smallest absolute Gasteiger partial charge is 0.220 e. The summed E-state index contributed by atoms with van der Waals surface area (Å²) in [5, 5.41) is 1.11. The molecule has 0 radical (unpaired) electrons. The Balaban J connectivity index is 2.67. The van der Waals surface area contributed by atoms with E-state index in [1.807, 2.05) is 24.3 Å². The summed E-state index contributed by atoms with van der Waals surface area (Å²) in [7, 11) is 0. The molecule has 0 spiro atoms. The van der Waals surface area contributed by atoms with Crippen LogP contribution in [0.5, 0.6) is 0 Å². The second-order valence-electron chi connectivity index (χ2n) is 3.30. The number of nitrogens with two attached hydrogens (primary N) is 1. The zero-order valence-corrected chi connectivity index (χ0v) is 8.20. The molecule has 1 heterocycles. The Labute approximate surface area is 83.0 Å². The minimum Gasteiger partial charge on any atom is -0.368 e. The largest absolute Gasteiger partial charge is 0.368 e. The zero-order valence-electron chi connectivity index (χ0n) is 8.20. The number of benzene rings is 1. The lowest BCUT2D eigenvalue weighted by molar-refractivity contribution is 0.890. The van der Waals surface area contributed by atoms with Crippen molar-refractivity contribution in [2.24, 2.45) is 0 Å². The average molecular weight is 187 g/mol. The normalized spacial score (nSPS) is 10.6. The van der Waals surface area contributed by atoms with Crippen LogP contribution in [-0.4, -0.2) is 9.97 Å². The van der Waals surface area contributed by atoms with E-state index < -0.39 is 0 Å². The molecule has 0 atom stereocenters. The molecule has 1 aromatic heterocycles. The molecule has 1 aromatic carbocycles. The molecule has 0 aliphatic carbocycles. The molecule has 14 heavy (non-hydrogen) atoms. The summed E-state index contributed by atoms with van der Waals surface area (Å²) in [6, 6.07) is 7.97. The summed E-state index contributed by atoms with van der Waals surface area (Å²) in [5.74, 6) is 0.368. The van der Waals surface area contributed by atoms with Crippen molar-refractivity contribution in [1.29, 1.82) is 0 Å². The lowest BCUT2D eigenvalue weighted by Gasteiger charge is -2.04. The zero-order chi connectivity index (χ0) is 9.97. The van der Waals surface area contributed by atoms with Gasteiger partial charge in [0.25, 0.3) is 0 Å². The molecule has 3 nitrogen and oxygen atoms in total. The summed E-state index contributed by atoms with van der Waals surface area (Å²) < 4.78 is 0. The summed E-state index contributed by atoms with van der Waals surface area (Å²) in [4.78, 5) is 8.44. The highest BCUT2D eigenvalue weighted by molar-refractivity contribution is 5.81. The Bertz CT molecular complexity index is 451. The first-order chi connectivity index (χ1) is 6.81. The van der Waals surface area contributed by atoms with Crippen LogP contribution in [0.2, 0.25) is 0 Å². The third kappa shape index (κ3) is 1.53. The van der Waals surface area contributed by atoms with E-state index in [2.05, 4.69) is 16.9 Å². The number of nitrogen functional groups attached to an aromatic ring is 1. The highest BCUT2D eigenvalue weighted by Gasteiger charge is 2.03. The summed E-state index contributed by atoms with van der Waals surface area (Å²) in [5.41, 5.74) is 7.62. The van der Waals surface area contributed by atoms with Crippen LogP contribution in [-0.2, 0) is 6.42 Å². The van der Waals surface area contributed by atoms with Gasteiger partial charge in [-0.15, -0.1) is 0 Å². The lowest BCUT2D eigenvalue weighted by atomic mass is 10.1. The molecule has 0 amide bonds. The Kier molecular flexibility index (Phi) is 2.31. The second-order valence-corrected chi connectivity index (χ2v) is 3.30. The van der Waals surface area contributed by atoms with Crippen molar-refractivity contribution in [2.45, 2.75) is 19.8 Å². The number of fused-ring (bicyclic) bond motifs is 1. The van der Waals surface area contributed by atoms with E-state index in [9.17, 15) is 0 Å². The van der Waals surface area contributed by atoms with Crippen molar-refractivity contribution >= 4 is 16.9 Å². The molecule has 0 aliphatic heterocycles. The van der Waals surface area contributed by atoms with Crippen LogP contribution in [0, 0.1) is 0 Å². The molecular formula is C11H13N3. The number of hydrogen-bond acceptors (Lipinski definition) is 3. The molecule has 0 unspecified atom stereocenters. The number of aryl methyl sites for hydroxylation is 1. The Morgan fingerprint density at radius 1 is 1.21 bits per heavy atom. The first-order valence-electron chi connectivity index (χ1n) is 4.82. The van der Waals surface area contributed by atoms with Gasteiger partial charge in [-0.1, -0.05) is 31.5 Å². The first kappa shape index (κ1) is 8.94. The molecule has 72 valence electrons. The third-order valence-electron chi connectivity index (χ3n) is 2.19. The Hall–Kier alpha value is -1.64. The van der Waals surface area contributed by atoms with E-state index in [4.69, 9.17) is 5.73 Å². The van der Waals surface area contributed by atoms with Gasteiger partial charge in [0.05, 0.1) is 11.2 Å². The van der Waals surface area contributed by atoms with Gasteiger partial charge in [0.15, 0.2) is 0 Å². The van der Waals surface area contributed by atoms with Crippen LogP contribution in [0.3, 0.4) is 0 Å². The van der Waals surface area contributed by atoms with Gasteiger partial charge in [0.2, 0.25) is 5.95 Å². The second kappa shape index (κ2) is 3.62. The van der Waals surface area contributed by atoms with Crippen molar-refractivity contribution in [3.8, 4) is 0 Å². The van der Waals surface area contributed by atoms with Crippen molar-refractivity contribution < 1.29 is 0 Å². The van der Waals surface area contributed by atoms with Gasteiger partial charge in [-0.25, -0.2) is 9.97 Å². The maximum absolute atomic E-state index is 5.63. The van der Waals surface area contributed by atoms with Crippen LogP contribution in [0.4, 0.5) is 5.95 Å². The van der Waals surface area contributed by atoms with E-state index in [0.717, 1.165) is 29.4 Å². The maximum atomic E-state index is 5.63. The summed E-state index contributed by atoms with van der Waals surface area (Å²) in [6.45, 7) is 2.13. The SMILES string of the molecule is CCCc1nc(N)nc2ccccc12. The summed E-state index contributed by atoms with van der Waals surface area (Å²) >= 11 is 0. The topological polar surface area (TPSA) is 51.8 Å². The minimum absolute atomic E-state index is 0.368. The van der Waals surface area contributed by atoms with Crippen LogP contribution < -0.4 is 5.73 Å². The summed E-state index contributed by atoms with van der Waals surface area (Å²) in [6.07, 6.45) is 2.02. The van der Waals surface area contributed by atoms with Crippen molar-refractivity contribution in [3.05, 3.63) is 30.0 Å². The number of para-hydroxylation sites is 1. The van der Waals surface area contributed by atoms with E-state index in [1.54, 1.807) is 0 Å². The predicted molar refractivity (Wildman–Crippen MR) is 57.9 cm³/mol. The van der Waals surface area contributed by atoms with Gasteiger partial charge < -0.3 is 5.73 Å². The lowest BCUT2D eigenvalue weighted by Crippen LogP contribution is -2.00. The molecule has 0 saturated carbocycles. The number of aromatic nitrogens is 2. The van der Waals surface area contributed by atoms with Gasteiger partial charge in [0, 0.05) is 5.39 Å². The standard InChI is InChI=1S/C11H13N3/c1-2-5-9-8-6-3-4-7-10(8)14-11(12)13-9/h3-4,6-7H,2,5H2,1H3,(H2,12,13,14). The molecule has 0 saturated heterocycles. The highest BCUT2D eigenvalue weighted by atomic mass is 15.0. The number of hydrogen-bond donors (Lipinski definition) is 1. The van der Waals surface area contributed by atoms with E-state index >= 15 is 0 Å². The van der Waals surface area contributed by atoms with Gasteiger partial charge >= 0.3 is 0 Å². The number of rotatable bonds is 2. The molecule has 0 aliphatic rings. The number of anilines is 1. The van der Waals surface area contributed by atoms with Crippen molar-refractivity contribution in [3.63, 3.8) is 0 Å². The minimum atomic E-state index is 0.368. The molecule has 0 bridgehead atoms. The Morgan fingerprint density at radius 3 is 2.79 bits per heavy atom. The quantitative estimate of drug-likeness (QED) is 0.783.